The van der Waals surface area contributed by atoms with Crippen molar-refractivity contribution in [3.63, 3.8) is 0 Å². The molecule has 110 valence electrons. The Balaban J connectivity index is 2.06. The SMILES string of the molecule is C[C@@H](CN1c2ccccc2CSc2ccccc21)N(C)C. The van der Waals surface area contributed by atoms with Crippen molar-refractivity contribution in [1.29, 1.82) is 0 Å². The molecule has 1 aliphatic heterocycles. The molecule has 2 nitrogen and oxygen atoms in total. The van der Waals surface area contributed by atoms with Gasteiger partial charge in [0.1, 0.15) is 0 Å². The normalized spacial score (nSPS) is 15.3. The average molecular weight is 298 g/mol. The van der Waals surface area contributed by atoms with Crippen LogP contribution < -0.4 is 4.90 Å². The molecule has 1 aliphatic rings. The summed E-state index contributed by atoms with van der Waals surface area (Å²) < 4.78 is 0. The molecule has 1 heterocycles. The summed E-state index contributed by atoms with van der Waals surface area (Å²) in [5.41, 5.74) is 4.11. The molecule has 3 rings (SSSR count). The maximum atomic E-state index is 2.48. The Kier molecular flexibility index (Phi) is 4.22. The first kappa shape index (κ1) is 14.5. The van der Waals surface area contributed by atoms with Crippen LogP contribution in [0.1, 0.15) is 12.5 Å². The topological polar surface area (TPSA) is 6.48 Å². The number of likely N-dealkylation sites (N-methyl/N-ethyl adjacent to an activating group) is 1. The molecular formula is C18H22N2S. The van der Waals surface area contributed by atoms with Crippen LogP contribution in [0.15, 0.2) is 53.4 Å². The van der Waals surface area contributed by atoms with Crippen molar-refractivity contribution in [2.75, 3.05) is 25.5 Å². The van der Waals surface area contributed by atoms with E-state index in [4.69, 9.17) is 0 Å². The molecule has 21 heavy (non-hydrogen) atoms. The van der Waals surface area contributed by atoms with Crippen LogP contribution in [0.5, 0.6) is 0 Å². The van der Waals surface area contributed by atoms with Crippen molar-refractivity contribution in [1.82, 2.24) is 4.90 Å². The fourth-order valence-corrected chi connectivity index (χ4v) is 3.66. The van der Waals surface area contributed by atoms with Gasteiger partial charge in [-0.25, -0.2) is 0 Å². The quantitative estimate of drug-likeness (QED) is 0.830. The highest BCUT2D eigenvalue weighted by Gasteiger charge is 2.22. The standard InChI is InChI=1S/C18H22N2S/c1-14(19(2)3)12-20-16-9-5-4-8-15(16)13-21-18-11-7-6-10-17(18)20/h4-11,14H,12-13H2,1-3H3/t14-/m0/s1. The Morgan fingerprint density at radius 3 is 2.48 bits per heavy atom. The maximum absolute atomic E-state index is 2.48. The molecule has 0 unspecified atom stereocenters. The van der Waals surface area contributed by atoms with Gasteiger partial charge in [-0.2, -0.15) is 0 Å². The maximum Gasteiger partial charge on any atom is 0.0549 e. The van der Waals surface area contributed by atoms with E-state index in [1.54, 1.807) is 0 Å². The van der Waals surface area contributed by atoms with E-state index in [0.29, 0.717) is 6.04 Å². The first-order valence-corrected chi connectivity index (χ1v) is 8.39. The molecule has 0 bridgehead atoms. The van der Waals surface area contributed by atoms with Crippen LogP contribution in [-0.2, 0) is 5.75 Å². The van der Waals surface area contributed by atoms with E-state index in [1.165, 1.54) is 21.8 Å². The summed E-state index contributed by atoms with van der Waals surface area (Å²) in [4.78, 5) is 6.14. The number of thioether (sulfide) groups is 1. The Hall–Kier alpha value is -1.45. The van der Waals surface area contributed by atoms with Gasteiger partial charge in [-0.3, -0.25) is 0 Å². The number of hydrogen-bond acceptors (Lipinski definition) is 3. The van der Waals surface area contributed by atoms with E-state index in [0.717, 1.165) is 12.3 Å². The number of anilines is 2. The Morgan fingerprint density at radius 2 is 1.71 bits per heavy atom. The number of benzene rings is 2. The Bertz CT molecular complexity index is 577. The van der Waals surface area contributed by atoms with E-state index in [9.17, 15) is 0 Å². The van der Waals surface area contributed by atoms with Crippen LogP contribution in [-0.4, -0.2) is 31.6 Å². The van der Waals surface area contributed by atoms with Gasteiger partial charge in [-0.1, -0.05) is 30.3 Å². The third-order valence-electron chi connectivity index (χ3n) is 4.15. The van der Waals surface area contributed by atoms with E-state index >= 15 is 0 Å². The summed E-state index contributed by atoms with van der Waals surface area (Å²) in [5.74, 6) is 1.04. The van der Waals surface area contributed by atoms with Gasteiger partial charge in [0.05, 0.1) is 5.69 Å². The Labute approximate surface area is 131 Å². The third-order valence-corrected chi connectivity index (χ3v) is 5.26. The van der Waals surface area contributed by atoms with Crippen molar-refractivity contribution < 1.29 is 0 Å². The number of rotatable bonds is 3. The molecule has 0 fully saturated rings. The smallest absolute Gasteiger partial charge is 0.0549 e. The summed E-state index contributed by atoms with van der Waals surface area (Å²) in [6.45, 7) is 3.28. The number of nitrogens with zero attached hydrogens (tertiary/aromatic N) is 2. The Morgan fingerprint density at radius 1 is 1.05 bits per heavy atom. The van der Waals surface area contributed by atoms with Gasteiger partial charge in [-0.15, -0.1) is 11.8 Å². The first-order valence-electron chi connectivity index (χ1n) is 7.40. The molecule has 0 saturated heterocycles. The van der Waals surface area contributed by atoms with Crippen LogP contribution in [0.3, 0.4) is 0 Å². The minimum atomic E-state index is 0.495. The summed E-state index contributed by atoms with van der Waals surface area (Å²) in [7, 11) is 4.30. The highest BCUT2D eigenvalue weighted by Crippen LogP contribution is 2.42. The fraction of sp³-hybridized carbons (Fsp3) is 0.333. The zero-order valence-electron chi connectivity index (χ0n) is 12.9. The van der Waals surface area contributed by atoms with Crippen molar-refractivity contribution >= 4 is 23.1 Å². The molecule has 0 aromatic heterocycles. The predicted octanol–water partition coefficient (Wildman–Crippen LogP) is 4.38. The van der Waals surface area contributed by atoms with E-state index in [2.05, 4.69) is 79.3 Å². The monoisotopic (exact) mass is 298 g/mol. The summed E-state index contributed by atoms with van der Waals surface area (Å²) in [6, 6.07) is 18.0. The van der Waals surface area contributed by atoms with Crippen molar-refractivity contribution in [2.24, 2.45) is 0 Å². The lowest BCUT2D eigenvalue weighted by Gasteiger charge is -2.31. The zero-order chi connectivity index (χ0) is 14.8. The minimum Gasteiger partial charge on any atom is -0.339 e. The molecule has 0 aliphatic carbocycles. The number of fused-ring (bicyclic) bond motifs is 2. The largest absolute Gasteiger partial charge is 0.339 e. The summed E-state index contributed by atoms with van der Waals surface area (Å²) in [5, 5.41) is 0. The molecule has 0 radical (unpaired) electrons. The van der Waals surface area contributed by atoms with Crippen LogP contribution in [0.25, 0.3) is 0 Å². The van der Waals surface area contributed by atoms with Gasteiger partial charge in [0.15, 0.2) is 0 Å². The lowest BCUT2D eigenvalue weighted by molar-refractivity contribution is 0.319. The third kappa shape index (κ3) is 2.94. The van der Waals surface area contributed by atoms with Gasteiger partial charge in [-0.05, 0) is 44.8 Å². The lowest BCUT2D eigenvalue weighted by Crippen LogP contribution is -2.36. The first-order chi connectivity index (χ1) is 10.2. The van der Waals surface area contributed by atoms with Gasteiger partial charge in [0.2, 0.25) is 0 Å². The van der Waals surface area contributed by atoms with Crippen LogP contribution >= 0.6 is 11.8 Å². The molecule has 0 spiro atoms. The second kappa shape index (κ2) is 6.12. The molecular weight excluding hydrogens is 276 g/mol. The second-order valence-corrected chi connectivity index (χ2v) is 6.83. The zero-order valence-corrected chi connectivity index (χ0v) is 13.7. The van der Waals surface area contributed by atoms with Gasteiger partial charge >= 0.3 is 0 Å². The van der Waals surface area contributed by atoms with Gasteiger partial charge < -0.3 is 9.80 Å². The average Bonchev–Trinajstić information content (AvgIpc) is 2.65. The molecule has 2 aromatic carbocycles. The van der Waals surface area contributed by atoms with E-state index < -0.39 is 0 Å². The van der Waals surface area contributed by atoms with Crippen molar-refractivity contribution in [3.05, 3.63) is 54.1 Å². The molecule has 2 aromatic rings. The van der Waals surface area contributed by atoms with E-state index in [1.807, 2.05) is 11.8 Å². The number of hydrogen-bond donors (Lipinski definition) is 0. The lowest BCUT2D eigenvalue weighted by atomic mass is 10.1. The van der Waals surface area contributed by atoms with Crippen LogP contribution in [0, 0.1) is 0 Å². The molecule has 0 amide bonds. The summed E-state index contributed by atoms with van der Waals surface area (Å²) in [6.07, 6.45) is 0. The minimum absolute atomic E-state index is 0.495. The predicted molar refractivity (Wildman–Crippen MR) is 92.6 cm³/mol. The molecule has 1 atom stereocenters. The van der Waals surface area contributed by atoms with Gasteiger partial charge in [0, 0.05) is 28.9 Å². The molecule has 0 saturated carbocycles. The highest BCUT2D eigenvalue weighted by molar-refractivity contribution is 7.98. The number of para-hydroxylation sites is 2. The van der Waals surface area contributed by atoms with Crippen LogP contribution in [0.2, 0.25) is 0 Å². The second-order valence-electron chi connectivity index (χ2n) is 5.81. The molecule has 3 heteroatoms. The van der Waals surface area contributed by atoms with E-state index in [-0.39, 0.29) is 0 Å². The highest BCUT2D eigenvalue weighted by atomic mass is 32.2. The van der Waals surface area contributed by atoms with Crippen molar-refractivity contribution in [2.45, 2.75) is 23.6 Å². The summed E-state index contributed by atoms with van der Waals surface area (Å²) >= 11 is 1.94. The van der Waals surface area contributed by atoms with Crippen molar-refractivity contribution in [3.8, 4) is 0 Å². The fourth-order valence-electron chi connectivity index (χ4n) is 2.61. The van der Waals surface area contributed by atoms with Gasteiger partial charge in [0.25, 0.3) is 0 Å². The van der Waals surface area contributed by atoms with Crippen LogP contribution in [0.4, 0.5) is 11.4 Å². The molecule has 0 N–H and O–H groups in total.